The number of pyridine rings is 1. The Morgan fingerprint density at radius 3 is 2.50 bits per heavy atom. The number of rotatable bonds is 3. The number of carboxylic acids is 1. The second-order valence-corrected chi connectivity index (χ2v) is 3.69. The van der Waals surface area contributed by atoms with Gasteiger partial charge in [0.25, 0.3) is 11.5 Å². The van der Waals surface area contributed by atoms with E-state index in [-0.39, 0.29) is 17.1 Å². The first-order chi connectivity index (χ1) is 9.45. The first kappa shape index (κ1) is 13.2. The molecule has 4 N–H and O–H groups in total. The first-order valence-electron chi connectivity index (χ1n) is 5.30. The second kappa shape index (κ2) is 5.18. The van der Waals surface area contributed by atoms with E-state index in [1.807, 2.05) is 4.98 Å². The van der Waals surface area contributed by atoms with Crippen molar-refractivity contribution >= 4 is 17.7 Å². The van der Waals surface area contributed by atoms with Gasteiger partial charge in [-0.25, -0.2) is 14.6 Å². The molecule has 0 unspecified atom stereocenters. The lowest BCUT2D eigenvalue weighted by Crippen LogP contribution is -2.27. The van der Waals surface area contributed by atoms with E-state index in [1.165, 1.54) is 12.1 Å². The van der Waals surface area contributed by atoms with E-state index in [1.54, 1.807) is 0 Å². The third-order valence-electron chi connectivity index (χ3n) is 2.26. The van der Waals surface area contributed by atoms with Gasteiger partial charge in [-0.1, -0.05) is 0 Å². The van der Waals surface area contributed by atoms with E-state index >= 15 is 0 Å². The first-order valence-corrected chi connectivity index (χ1v) is 5.30. The quantitative estimate of drug-likeness (QED) is 0.589. The number of anilines is 1. The molecule has 2 rings (SSSR count). The summed E-state index contributed by atoms with van der Waals surface area (Å²) in [7, 11) is 0. The van der Waals surface area contributed by atoms with Crippen LogP contribution in [0.2, 0.25) is 0 Å². The minimum atomic E-state index is -1.14. The largest absolute Gasteiger partial charge is 0.478 e. The predicted octanol–water partition coefficient (Wildman–Crippen LogP) is -0.591. The van der Waals surface area contributed by atoms with Crippen molar-refractivity contribution in [1.82, 2.24) is 15.0 Å². The highest BCUT2D eigenvalue weighted by Crippen LogP contribution is 2.06. The van der Waals surface area contributed by atoms with Crippen LogP contribution in [0.1, 0.15) is 20.8 Å². The molecule has 1 amide bonds. The molecular weight excluding hydrogens is 268 g/mol. The normalized spacial score (nSPS) is 10.0. The number of carbonyl (C=O) groups is 2. The molecule has 0 aromatic carbocycles. The number of aromatic carboxylic acids is 1. The van der Waals surface area contributed by atoms with Gasteiger partial charge in [0.05, 0.1) is 5.56 Å². The third kappa shape index (κ3) is 2.96. The van der Waals surface area contributed by atoms with Crippen molar-refractivity contribution in [2.45, 2.75) is 0 Å². The number of carboxylic acid groups (broad SMARTS) is 1. The van der Waals surface area contributed by atoms with Crippen molar-refractivity contribution in [3.63, 3.8) is 0 Å². The van der Waals surface area contributed by atoms with Gasteiger partial charge in [0.2, 0.25) is 0 Å². The fraction of sp³-hybridized carbons (Fsp3) is 0. The Morgan fingerprint density at radius 1 is 1.20 bits per heavy atom. The molecule has 0 bridgehead atoms. The maximum absolute atomic E-state index is 11.7. The van der Waals surface area contributed by atoms with Crippen LogP contribution in [0.25, 0.3) is 0 Å². The monoisotopic (exact) mass is 276 g/mol. The molecule has 0 aliphatic heterocycles. The molecule has 0 atom stereocenters. The van der Waals surface area contributed by atoms with Crippen molar-refractivity contribution in [2.75, 3.05) is 5.32 Å². The molecule has 9 heteroatoms. The van der Waals surface area contributed by atoms with Crippen molar-refractivity contribution in [3.05, 3.63) is 56.5 Å². The molecule has 0 fully saturated rings. The van der Waals surface area contributed by atoms with Gasteiger partial charge in [-0.15, -0.1) is 0 Å². The summed E-state index contributed by atoms with van der Waals surface area (Å²) in [6.07, 6.45) is 1.07. The fourth-order valence-electron chi connectivity index (χ4n) is 1.37. The molecule has 0 aliphatic carbocycles. The third-order valence-corrected chi connectivity index (χ3v) is 2.26. The van der Waals surface area contributed by atoms with E-state index in [2.05, 4.69) is 15.3 Å². The molecule has 2 aromatic rings. The van der Waals surface area contributed by atoms with Crippen molar-refractivity contribution < 1.29 is 14.7 Å². The molecule has 0 spiro atoms. The van der Waals surface area contributed by atoms with E-state index in [4.69, 9.17) is 5.11 Å². The van der Waals surface area contributed by atoms with Gasteiger partial charge in [-0.3, -0.25) is 14.6 Å². The molecule has 102 valence electrons. The fourth-order valence-corrected chi connectivity index (χ4v) is 1.37. The molecule has 2 aromatic heterocycles. The zero-order chi connectivity index (χ0) is 14.7. The highest BCUT2D eigenvalue weighted by Gasteiger charge is 2.10. The van der Waals surface area contributed by atoms with Crippen LogP contribution < -0.4 is 16.6 Å². The van der Waals surface area contributed by atoms with E-state index < -0.39 is 23.1 Å². The Bertz CT molecular complexity index is 746. The Labute approximate surface area is 110 Å². The standard InChI is InChI=1S/C11H8N4O5/c16-8-3-6(13-11(20)15-8)9(17)14-7-2-1-5(4-12-7)10(18)19/h1-4H,(H,18,19)(H,12,14,17)(H2,13,15,16,20). The average Bonchev–Trinajstić information content (AvgIpc) is 2.38. The Balaban J connectivity index is 2.21. The average molecular weight is 276 g/mol. The minimum Gasteiger partial charge on any atom is -0.478 e. The Hall–Kier alpha value is -3.23. The maximum atomic E-state index is 11.7. The highest BCUT2D eigenvalue weighted by molar-refractivity contribution is 6.02. The van der Waals surface area contributed by atoms with Gasteiger partial charge >= 0.3 is 11.7 Å². The number of nitrogens with zero attached hydrogens (tertiary/aromatic N) is 1. The van der Waals surface area contributed by atoms with Crippen LogP contribution in [0.4, 0.5) is 5.82 Å². The zero-order valence-corrected chi connectivity index (χ0v) is 9.84. The molecule has 0 aliphatic rings. The summed E-state index contributed by atoms with van der Waals surface area (Å²) in [6, 6.07) is 3.46. The lowest BCUT2D eigenvalue weighted by molar-refractivity contribution is 0.0696. The topological polar surface area (TPSA) is 145 Å². The number of amides is 1. The summed E-state index contributed by atoms with van der Waals surface area (Å²) in [5, 5.41) is 11.0. The molecule has 0 saturated carbocycles. The molecule has 0 saturated heterocycles. The van der Waals surface area contributed by atoms with E-state index in [0.717, 1.165) is 12.3 Å². The van der Waals surface area contributed by atoms with Crippen LogP contribution in [0, 0.1) is 0 Å². The van der Waals surface area contributed by atoms with Gasteiger partial charge in [0.1, 0.15) is 11.5 Å². The number of nitrogens with one attached hydrogen (secondary N) is 3. The number of H-pyrrole nitrogens is 2. The molecule has 2 heterocycles. The van der Waals surface area contributed by atoms with Crippen LogP contribution in [-0.4, -0.2) is 31.9 Å². The summed E-state index contributed by atoms with van der Waals surface area (Å²) in [5.74, 6) is -1.81. The van der Waals surface area contributed by atoms with Crippen LogP contribution in [0.15, 0.2) is 34.0 Å². The van der Waals surface area contributed by atoms with Crippen molar-refractivity contribution in [2.24, 2.45) is 0 Å². The lowest BCUT2D eigenvalue weighted by atomic mass is 10.3. The van der Waals surface area contributed by atoms with E-state index in [9.17, 15) is 19.2 Å². The second-order valence-electron chi connectivity index (χ2n) is 3.69. The summed E-state index contributed by atoms with van der Waals surface area (Å²) < 4.78 is 0. The number of carbonyl (C=O) groups excluding carboxylic acids is 1. The lowest BCUT2D eigenvalue weighted by Gasteiger charge is -2.03. The zero-order valence-electron chi connectivity index (χ0n) is 9.84. The Morgan fingerprint density at radius 2 is 1.95 bits per heavy atom. The summed E-state index contributed by atoms with van der Waals surface area (Å²) in [6.45, 7) is 0. The number of hydrogen-bond donors (Lipinski definition) is 4. The van der Waals surface area contributed by atoms with Crippen molar-refractivity contribution in [1.29, 1.82) is 0 Å². The molecular formula is C11H8N4O5. The van der Waals surface area contributed by atoms with Gasteiger partial charge in [0.15, 0.2) is 0 Å². The van der Waals surface area contributed by atoms with Gasteiger partial charge in [0, 0.05) is 12.3 Å². The molecule has 20 heavy (non-hydrogen) atoms. The summed E-state index contributed by atoms with van der Waals surface area (Å²) in [5.41, 5.74) is -1.79. The van der Waals surface area contributed by atoms with Crippen molar-refractivity contribution in [3.8, 4) is 0 Å². The number of aromatic amines is 2. The minimum absolute atomic E-state index is 0.0347. The van der Waals surface area contributed by atoms with Crippen LogP contribution >= 0.6 is 0 Å². The Kier molecular flexibility index (Phi) is 3.42. The molecule has 0 radical (unpaired) electrons. The van der Waals surface area contributed by atoms with Gasteiger partial charge in [-0.05, 0) is 12.1 Å². The smallest absolute Gasteiger partial charge is 0.337 e. The SMILES string of the molecule is O=C(O)c1ccc(NC(=O)c2cc(=O)[nH]c(=O)[nH]2)nc1. The number of hydrogen-bond acceptors (Lipinski definition) is 5. The van der Waals surface area contributed by atoms with Crippen LogP contribution in [0.5, 0.6) is 0 Å². The van der Waals surface area contributed by atoms with Crippen LogP contribution in [0.3, 0.4) is 0 Å². The predicted molar refractivity (Wildman–Crippen MR) is 66.8 cm³/mol. The van der Waals surface area contributed by atoms with Gasteiger partial charge in [-0.2, -0.15) is 0 Å². The highest BCUT2D eigenvalue weighted by atomic mass is 16.4. The maximum Gasteiger partial charge on any atom is 0.337 e. The molecule has 9 nitrogen and oxygen atoms in total. The summed E-state index contributed by atoms with van der Waals surface area (Å²) >= 11 is 0. The number of aromatic nitrogens is 3. The van der Waals surface area contributed by atoms with Gasteiger partial charge < -0.3 is 15.4 Å². The summed E-state index contributed by atoms with van der Waals surface area (Å²) in [4.78, 5) is 52.2. The van der Waals surface area contributed by atoms with E-state index in [0.29, 0.717) is 0 Å². The van der Waals surface area contributed by atoms with Crippen LogP contribution in [-0.2, 0) is 0 Å².